The Morgan fingerprint density at radius 3 is 2.21 bits per heavy atom. The van der Waals surface area contributed by atoms with Crippen molar-refractivity contribution in [2.45, 2.75) is 66.2 Å². The number of fused-ring (bicyclic) bond motifs is 2. The predicted octanol–water partition coefficient (Wildman–Crippen LogP) is 8.95. The molecule has 0 fully saturated rings. The summed E-state index contributed by atoms with van der Waals surface area (Å²) in [6.45, 7) is 19.9. The van der Waals surface area contributed by atoms with Crippen LogP contribution >= 0.6 is 11.6 Å². The number of benzene rings is 2. The molecule has 0 N–H and O–H groups in total. The van der Waals surface area contributed by atoms with Crippen LogP contribution < -0.4 is 4.90 Å². The molecule has 0 unspecified atom stereocenters. The van der Waals surface area contributed by atoms with Crippen molar-refractivity contribution in [1.29, 1.82) is 0 Å². The fourth-order valence-electron chi connectivity index (χ4n) is 6.35. The molecule has 0 saturated carbocycles. The monoisotopic (exact) mass is 523 g/mol. The molecule has 2 nitrogen and oxygen atoms in total. The molecule has 196 valence electrons. The second kappa shape index (κ2) is 9.58. The summed E-state index contributed by atoms with van der Waals surface area (Å²) < 4.78 is 2.43. The number of rotatable bonds is 5. The number of hydrogen-bond acceptors (Lipinski definition) is 1. The van der Waals surface area contributed by atoms with E-state index in [1.165, 1.54) is 45.0 Å². The van der Waals surface area contributed by atoms with Crippen LogP contribution in [0.1, 0.15) is 63.8 Å². The molecule has 0 atom stereocenters. The molecule has 0 spiro atoms. The lowest BCUT2D eigenvalue weighted by atomic mass is 9.81. The van der Waals surface area contributed by atoms with Gasteiger partial charge in [0.15, 0.2) is 5.71 Å². The summed E-state index contributed by atoms with van der Waals surface area (Å²) in [6, 6.07) is 13.6. The van der Waals surface area contributed by atoms with Crippen LogP contribution in [0, 0.1) is 13.8 Å². The second-order valence-electron chi connectivity index (χ2n) is 11.8. The van der Waals surface area contributed by atoms with Crippen LogP contribution in [0.15, 0.2) is 94.7 Å². The normalized spacial score (nSPS) is 21.6. The highest BCUT2D eigenvalue weighted by Crippen LogP contribution is 2.48. The van der Waals surface area contributed by atoms with Crippen LogP contribution in [0.5, 0.6) is 0 Å². The predicted molar refractivity (Wildman–Crippen MR) is 164 cm³/mol. The summed E-state index contributed by atoms with van der Waals surface area (Å²) in [5, 5.41) is 0.804. The van der Waals surface area contributed by atoms with E-state index in [0.717, 1.165) is 29.3 Å². The number of anilines is 1. The molecule has 0 amide bonds. The molecule has 3 heteroatoms. The Morgan fingerprint density at radius 2 is 1.53 bits per heavy atom. The first-order chi connectivity index (χ1) is 18.0. The van der Waals surface area contributed by atoms with Crippen LogP contribution in [0.2, 0.25) is 0 Å². The lowest BCUT2D eigenvalue weighted by Gasteiger charge is -2.26. The van der Waals surface area contributed by atoms with Crippen molar-refractivity contribution in [1.82, 2.24) is 0 Å². The van der Waals surface area contributed by atoms with Crippen LogP contribution in [0.4, 0.5) is 11.4 Å². The largest absolute Gasteiger partial charge is 0.344 e. The van der Waals surface area contributed by atoms with Gasteiger partial charge in [0.2, 0.25) is 5.69 Å². The fraction of sp³-hybridized carbons (Fsp3) is 0.343. The highest BCUT2D eigenvalue weighted by Gasteiger charge is 2.44. The van der Waals surface area contributed by atoms with E-state index in [1.54, 1.807) is 0 Å². The molecular weight excluding hydrogens is 484 g/mol. The topological polar surface area (TPSA) is 6.25 Å². The summed E-state index contributed by atoms with van der Waals surface area (Å²) in [4.78, 5) is 2.43. The molecule has 2 aliphatic heterocycles. The first-order valence-electron chi connectivity index (χ1n) is 13.8. The van der Waals surface area contributed by atoms with Crippen LogP contribution in [-0.4, -0.2) is 23.4 Å². The highest BCUT2D eigenvalue weighted by molar-refractivity contribution is 6.33. The molecule has 2 heterocycles. The fourth-order valence-corrected chi connectivity index (χ4v) is 6.60. The summed E-state index contributed by atoms with van der Waals surface area (Å²) in [5.74, 6) is 0. The van der Waals surface area contributed by atoms with Crippen molar-refractivity contribution in [3.8, 4) is 0 Å². The van der Waals surface area contributed by atoms with Gasteiger partial charge in [-0.15, -0.1) is 0 Å². The van der Waals surface area contributed by atoms with Gasteiger partial charge in [-0.25, -0.2) is 0 Å². The Kier molecular flexibility index (Phi) is 6.68. The van der Waals surface area contributed by atoms with Crippen LogP contribution in [0.25, 0.3) is 0 Å². The Morgan fingerprint density at radius 1 is 0.842 bits per heavy atom. The van der Waals surface area contributed by atoms with Crippen molar-refractivity contribution in [2.24, 2.45) is 0 Å². The van der Waals surface area contributed by atoms with Crippen molar-refractivity contribution in [3.63, 3.8) is 0 Å². The Balaban J connectivity index is 1.46. The second-order valence-corrected chi connectivity index (χ2v) is 12.2. The van der Waals surface area contributed by atoms with Crippen LogP contribution in [-0.2, 0) is 10.8 Å². The number of hydrogen-bond donors (Lipinski definition) is 0. The van der Waals surface area contributed by atoms with Gasteiger partial charge in [0.1, 0.15) is 6.54 Å². The quantitative estimate of drug-likeness (QED) is 0.354. The van der Waals surface area contributed by atoms with Gasteiger partial charge in [-0.3, -0.25) is 0 Å². The lowest BCUT2D eigenvalue weighted by Crippen LogP contribution is -2.27. The van der Waals surface area contributed by atoms with Crippen molar-refractivity contribution >= 4 is 28.7 Å². The van der Waals surface area contributed by atoms with Crippen molar-refractivity contribution < 1.29 is 4.58 Å². The Bertz CT molecular complexity index is 1500. The number of likely N-dealkylation sites (N-methyl/N-ethyl adjacent to an activating group) is 1. The van der Waals surface area contributed by atoms with E-state index in [9.17, 15) is 0 Å². The van der Waals surface area contributed by atoms with E-state index < -0.39 is 0 Å². The third-order valence-corrected chi connectivity index (χ3v) is 8.95. The van der Waals surface area contributed by atoms with E-state index in [2.05, 4.69) is 138 Å². The maximum atomic E-state index is 6.95. The first kappa shape index (κ1) is 26.5. The van der Waals surface area contributed by atoms with Gasteiger partial charge in [0.25, 0.3) is 0 Å². The SMILES string of the molecule is CCN1/C(=C/C=C2\C=CC(/C=C/C3=[N+](CC)c4ccc(C)cc4C3(C)C)=C2Cl)C(C)(C)c2cc(C)ccc21. The first-order valence-corrected chi connectivity index (χ1v) is 14.2. The summed E-state index contributed by atoms with van der Waals surface area (Å²) >= 11 is 6.95. The maximum Gasteiger partial charge on any atom is 0.209 e. The third-order valence-electron chi connectivity index (χ3n) is 8.52. The molecular formula is C35H40ClN2+. The van der Waals surface area contributed by atoms with Gasteiger partial charge >= 0.3 is 0 Å². The summed E-state index contributed by atoms with van der Waals surface area (Å²) in [6.07, 6.45) is 13.2. The minimum Gasteiger partial charge on any atom is -0.344 e. The zero-order valence-corrected chi connectivity index (χ0v) is 24.9. The van der Waals surface area contributed by atoms with Gasteiger partial charge in [0, 0.05) is 41.1 Å². The molecule has 0 aromatic heterocycles. The average molecular weight is 524 g/mol. The van der Waals surface area contributed by atoms with Gasteiger partial charge in [-0.2, -0.15) is 4.58 Å². The molecule has 0 saturated heterocycles. The van der Waals surface area contributed by atoms with E-state index in [1.807, 2.05) is 0 Å². The number of aryl methyl sites for hydroxylation is 2. The average Bonchev–Trinajstić information content (AvgIpc) is 3.41. The molecule has 38 heavy (non-hydrogen) atoms. The number of halogens is 1. The van der Waals surface area contributed by atoms with E-state index in [4.69, 9.17) is 11.6 Å². The molecule has 0 radical (unpaired) electrons. The number of allylic oxidation sites excluding steroid dienone is 10. The third kappa shape index (κ3) is 4.14. The summed E-state index contributed by atoms with van der Waals surface area (Å²) in [5.41, 5.74) is 12.6. The minimum atomic E-state index is -0.0582. The number of nitrogens with zero attached hydrogens (tertiary/aromatic N) is 2. The molecule has 1 aliphatic carbocycles. The van der Waals surface area contributed by atoms with Crippen molar-refractivity contribution in [3.05, 3.63) is 117 Å². The van der Waals surface area contributed by atoms with E-state index >= 15 is 0 Å². The van der Waals surface area contributed by atoms with E-state index in [-0.39, 0.29) is 10.8 Å². The highest BCUT2D eigenvalue weighted by atomic mass is 35.5. The maximum absolute atomic E-state index is 6.95. The van der Waals surface area contributed by atoms with Gasteiger partial charge in [-0.1, -0.05) is 73.0 Å². The van der Waals surface area contributed by atoms with Gasteiger partial charge in [0.05, 0.1) is 10.4 Å². The molecule has 2 aromatic carbocycles. The zero-order chi connectivity index (χ0) is 27.4. The Labute approximate surface area is 234 Å². The molecule has 5 rings (SSSR count). The lowest BCUT2D eigenvalue weighted by molar-refractivity contribution is -0.433. The van der Waals surface area contributed by atoms with Crippen LogP contribution in [0.3, 0.4) is 0 Å². The smallest absolute Gasteiger partial charge is 0.209 e. The van der Waals surface area contributed by atoms with Gasteiger partial charge in [-0.05, 0) is 82.5 Å². The zero-order valence-electron chi connectivity index (χ0n) is 24.1. The minimum absolute atomic E-state index is 0.0582. The molecule has 2 aromatic rings. The Hall–Kier alpha value is -3.10. The van der Waals surface area contributed by atoms with Crippen molar-refractivity contribution in [2.75, 3.05) is 18.0 Å². The molecule has 0 bridgehead atoms. The molecule has 3 aliphatic rings. The van der Waals surface area contributed by atoms with E-state index in [0.29, 0.717) is 0 Å². The summed E-state index contributed by atoms with van der Waals surface area (Å²) in [7, 11) is 0. The standard InChI is InChI=1S/C35H40ClN2/c1-9-37-29-17-11-23(3)21-27(29)34(5,6)31(37)19-15-25-13-14-26(33(25)36)16-20-32-35(7,8)28-22-24(4)12-18-30(28)38(32)10-2/h11-22H,9-10H2,1-8H3/q+1. The van der Waals surface area contributed by atoms with Gasteiger partial charge < -0.3 is 4.90 Å².